The van der Waals surface area contributed by atoms with Gasteiger partial charge in [-0.05, 0) is 50.4 Å². The van der Waals surface area contributed by atoms with Crippen LogP contribution < -0.4 is 5.73 Å². The minimum Gasteiger partial charge on any atom is -0.329 e. The van der Waals surface area contributed by atoms with Crippen molar-refractivity contribution in [1.82, 2.24) is 4.90 Å². The largest absolute Gasteiger partial charge is 0.329 e. The number of hydrogen-bond donors (Lipinski definition) is 1. The van der Waals surface area contributed by atoms with Crippen LogP contribution in [0.15, 0.2) is 0 Å². The van der Waals surface area contributed by atoms with Gasteiger partial charge in [-0.1, -0.05) is 20.8 Å². The number of rotatable bonds is 2. The van der Waals surface area contributed by atoms with Crippen molar-refractivity contribution in [2.45, 2.75) is 71.4 Å². The topological polar surface area (TPSA) is 29.3 Å². The Morgan fingerprint density at radius 3 is 2.41 bits per heavy atom. The Morgan fingerprint density at radius 1 is 1.18 bits per heavy atom. The van der Waals surface area contributed by atoms with E-state index in [9.17, 15) is 0 Å². The van der Waals surface area contributed by atoms with Crippen molar-refractivity contribution in [1.29, 1.82) is 0 Å². The minimum absolute atomic E-state index is 0.303. The molecular weight excluding hydrogens is 208 g/mol. The summed E-state index contributed by atoms with van der Waals surface area (Å²) >= 11 is 0. The van der Waals surface area contributed by atoms with Gasteiger partial charge in [0.05, 0.1) is 0 Å². The van der Waals surface area contributed by atoms with E-state index in [-0.39, 0.29) is 0 Å². The summed E-state index contributed by atoms with van der Waals surface area (Å²) in [6.45, 7) is 11.7. The van der Waals surface area contributed by atoms with E-state index >= 15 is 0 Å². The summed E-state index contributed by atoms with van der Waals surface area (Å²) < 4.78 is 0. The predicted octanol–water partition coefficient (Wildman–Crippen LogP) is 3.01. The lowest BCUT2D eigenvalue weighted by atomic mass is 9.83. The quantitative estimate of drug-likeness (QED) is 0.801. The third-order valence-electron chi connectivity index (χ3n) is 5.18. The molecule has 2 rings (SSSR count). The summed E-state index contributed by atoms with van der Waals surface area (Å²) in [6.07, 6.45) is 6.66. The van der Waals surface area contributed by atoms with Crippen molar-refractivity contribution in [3.8, 4) is 0 Å². The predicted molar refractivity (Wildman–Crippen MR) is 74.0 cm³/mol. The number of piperidine rings is 1. The monoisotopic (exact) mass is 238 g/mol. The molecular formula is C15H30N2. The van der Waals surface area contributed by atoms with Crippen LogP contribution in [0.4, 0.5) is 0 Å². The van der Waals surface area contributed by atoms with E-state index < -0.39 is 0 Å². The lowest BCUT2D eigenvalue weighted by Crippen LogP contribution is -2.58. The molecule has 0 amide bonds. The van der Waals surface area contributed by atoms with Crippen LogP contribution in [0.3, 0.4) is 0 Å². The van der Waals surface area contributed by atoms with Crippen molar-refractivity contribution in [2.75, 3.05) is 13.1 Å². The summed E-state index contributed by atoms with van der Waals surface area (Å²) in [7, 11) is 0. The molecule has 2 N–H and O–H groups in total. The van der Waals surface area contributed by atoms with Crippen molar-refractivity contribution in [3.05, 3.63) is 0 Å². The molecule has 0 bridgehead atoms. The van der Waals surface area contributed by atoms with Crippen LogP contribution in [0.5, 0.6) is 0 Å². The van der Waals surface area contributed by atoms with Gasteiger partial charge < -0.3 is 5.73 Å². The molecule has 0 aromatic carbocycles. The van der Waals surface area contributed by atoms with E-state index in [1.165, 1.54) is 38.6 Å². The maximum atomic E-state index is 6.19. The van der Waals surface area contributed by atoms with E-state index in [2.05, 4.69) is 32.6 Å². The van der Waals surface area contributed by atoms with Crippen LogP contribution >= 0.6 is 0 Å². The average Bonchev–Trinajstić information content (AvgIpc) is 2.59. The molecule has 3 atom stereocenters. The Morgan fingerprint density at radius 2 is 1.88 bits per heavy atom. The maximum absolute atomic E-state index is 6.19. The lowest BCUT2D eigenvalue weighted by Gasteiger charge is -2.49. The highest BCUT2D eigenvalue weighted by molar-refractivity contribution is 5.04. The lowest BCUT2D eigenvalue weighted by molar-refractivity contribution is 0.00817. The van der Waals surface area contributed by atoms with Crippen LogP contribution in [0.25, 0.3) is 0 Å². The van der Waals surface area contributed by atoms with Crippen molar-refractivity contribution in [3.63, 3.8) is 0 Å². The Balaban J connectivity index is 2.17. The van der Waals surface area contributed by atoms with E-state index in [1.54, 1.807) is 0 Å². The van der Waals surface area contributed by atoms with Gasteiger partial charge >= 0.3 is 0 Å². The first-order chi connectivity index (χ1) is 7.88. The molecule has 1 aliphatic carbocycles. The summed E-state index contributed by atoms with van der Waals surface area (Å²) in [4.78, 5) is 2.76. The molecule has 0 aromatic rings. The zero-order chi connectivity index (χ0) is 12.7. The fourth-order valence-corrected chi connectivity index (χ4v) is 4.13. The van der Waals surface area contributed by atoms with Crippen LogP contribution in [-0.2, 0) is 0 Å². The molecule has 17 heavy (non-hydrogen) atoms. The van der Waals surface area contributed by atoms with Crippen molar-refractivity contribution < 1.29 is 0 Å². The van der Waals surface area contributed by atoms with Gasteiger partial charge in [0.15, 0.2) is 0 Å². The van der Waals surface area contributed by atoms with Gasteiger partial charge in [-0.25, -0.2) is 0 Å². The van der Waals surface area contributed by atoms with Crippen LogP contribution in [0.2, 0.25) is 0 Å². The number of hydrogen-bond acceptors (Lipinski definition) is 2. The van der Waals surface area contributed by atoms with E-state index in [1.807, 2.05) is 0 Å². The molecule has 100 valence electrons. The third kappa shape index (κ3) is 2.53. The summed E-state index contributed by atoms with van der Waals surface area (Å²) in [5.74, 6) is 0.846. The Bertz CT molecular complexity index is 274. The first-order valence-electron chi connectivity index (χ1n) is 7.35. The van der Waals surface area contributed by atoms with Gasteiger partial charge in [0.2, 0.25) is 0 Å². The summed E-state index contributed by atoms with van der Waals surface area (Å²) in [5, 5.41) is 0. The minimum atomic E-state index is 0.303. The fourth-order valence-electron chi connectivity index (χ4n) is 4.13. The number of likely N-dealkylation sites (tertiary alicyclic amines) is 1. The van der Waals surface area contributed by atoms with E-state index in [0.717, 1.165) is 18.5 Å². The van der Waals surface area contributed by atoms with Gasteiger partial charge in [-0.15, -0.1) is 0 Å². The highest BCUT2D eigenvalue weighted by Crippen LogP contribution is 2.48. The fraction of sp³-hybridized carbons (Fsp3) is 1.00. The molecule has 2 nitrogen and oxygen atoms in total. The van der Waals surface area contributed by atoms with Crippen LogP contribution in [0.1, 0.15) is 59.8 Å². The molecule has 0 aromatic heterocycles. The Labute approximate surface area is 107 Å². The van der Waals surface area contributed by atoms with E-state index in [4.69, 9.17) is 5.73 Å². The molecule has 0 spiro atoms. The number of nitrogens with two attached hydrogens (primary N) is 1. The van der Waals surface area contributed by atoms with Crippen molar-refractivity contribution >= 4 is 0 Å². The molecule has 1 saturated heterocycles. The number of nitrogens with zero attached hydrogens (tertiary/aromatic N) is 1. The molecule has 3 unspecified atom stereocenters. The van der Waals surface area contributed by atoms with Gasteiger partial charge in [0.1, 0.15) is 0 Å². The molecule has 2 fully saturated rings. The zero-order valence-electron chi connectivity index (χ0n) is 12.1. The second-order valence-corrected chi connectivity index (χ2v) is 7.45. The Hall–Kier alpha value is -0.0800. The van der Waals surface area contributed by atoms with Gasteiger partial charge in [0, 0.05) is 24.7 Å². The zero-order valence-corrected chi connectivity index (χ0v) is 12.1. The summed E-state index contributed by atoms with van der Waals surface area (Å²) in [5.41, 5.74) is 6.98. The second kappa shape index (κ2) is 4.55. The summed E-state index contributed by atoms with van der Waals surface area (Å²) in [6, 6.07) is 0.726. The molecule has 1 saturated carbocycles. The van der Waals surface area contributed by atoms with Gasteiger partial charge in [0.25, 0.3) is 0 Å². The van der Waals surface area contributed by atoms with Crippen LogP contribution in [-0.4, -0.2) is 29.6 Å². The Kier molecular flexibility index (Phi) is 3.57. The first kappa shape index (κ1) is 13.4. The molecule has 2 heteroatoms. The van der Waals surface area contributed by atoms with Gasteiger partial charge in [-0.3, -0.25) is 4.90 Å². The highest BCUT2D eigenvalue weighted by atomic mass is 15.2. The van der Waals surface area contributed by atoms with Gasteiger partial charge in [-0.2, -0.15) is 0 Å². The second-order valence-electron chi connectivity index (χ2n) is 7.45. The highest BCUT2D eigenvalue weighted by Gasteiger charge is 2.48. The van der Waals surface area contributed by atoms with E-state index in [0.29, 0.717) is 11.0 Å². The maximum Gasteiger partial charge on any atom is 0.0339 e. The smallest absolute Gasteiger partial charge is 0.0339 e. The molecule has 1 heterocycles. The third-order valence-corrected chi connectivity index (χ3v) is 5.18. The van der Waals surface area contributed by atoms with Crippen molar-refractivity contribution in [2.24, 2.45) is 17.1 Å². The van der Waals surface area contributed by atoms with Crippen LogP contribution in [0, 0.1) is 11.3 Å². The standard InChI is InChI=1S/C15H30N2/c1-12-5-6-13(2)17(9-12)15(11-16)8-7-14(3,4)10-15/h12-13H,5-11,16H2,1-4H3. The molecule has 1 aliphatic heterocycles. The normalized spacial score (nSPS) is 42.9. The molecule has 2 aliphatic rings. The first-order valence-corrected chi connectivity index (χ1v) is 7.35. The average molecular weight is 238 g/mol. The molecule has 0 radical (unpaired) electrons. The SMILES string of the molecule is CC1CCC(C)N(C2(CN)CCC(C)(C)C2)C1.